The molecule has 1 atom stereocenters. The summed E-state index contributed by atoms with van der Waals surface area (Å²) in [4.78, 5) is 4.12. The lowest BCUT2D eigenvalue weighted by atomic mass is 9.84. The van der Waals surface area contributed by atoms with Crippen LogP contribution in [0.5, 0.6) is 0 Å². The van der Waals surface area contributed by atoms with Gasteiger partial charge >= 0.3 is 6.18 Å². The summed E-state index contributed by atoms with van der Waals surface area (Å²) in [5.41, 5.74) is -0.205. The van der Waals surface area contributed by atoms with Gasteiger partial charge in [0.25, 0.3) is 0 Å². The maximum absolute atomic E-state index is 12.1. The fourth-order valence-corrected chi connectivity index (χ4v) is 2.20. The molecule has 2 heterocycles. The first-order valence-electron chi connectivity index (χ1n) is 6.06. The van der Waals surface area contributed by atoms with Gasteiger partial charge in [-0.2, -0.15) is 18.2 Å². The van der Waals surface area contributed by atoms with Crippen molar-refractivity contribution < 1.29 is 17.7 Å². The molecule has 18 heavy (non-hydrogen) atoms. The summed E-state index contributed by atoms with van der Waals surface area (Å²) in [5, 5.41) is 6.86. The number of alkyl halides is 3. The van der Waals surface area contributed by atoms with Crippen molar-refractivity contribution >= 4 is 0 Å². The van der Waals surface area contributed by atoms with Crippen LogP contribution in [-0.2, 0) is 11.8 Å². The fraction of sp³-hybridized carbons (Fsp3) is 0.818. The smallest absolute Gasteiger partial charge is 0.339 e. The first kappa shape index (κ1) is 13.3. The fourth-order valence-electron chi connectivity index (χ4n) is 2.20. The van der Waals surface area contributed by atoms with Crippen LogP contribution in [-0.4, -0.2) is 29.4 Å². The molecule has 1 aliphatic heterocycles. The third-order valence-electron chi connectivity index (χ3n) is 3.47. The average molecular weight is 263 g/mol. The van der Waals surface area contributed by atoms with E-state index in [1.54, 1.807) is 0 Å². The van der Waals surface area contributed by atoms with Gasteiger partial charge in [-0.3, -0.25) is 0 Å². The van der Waals surface area contributed by atoms with Gasteiger partial charge in [-0.05, 0) is 19.4 Å². The first-order valence-corrected chi connectivity index (χ1v) is 6.06. The van der Waals surface area contributed by atoms with E-state index >= 15 is 0 Å². The number of hydrogen-bond donors (Lipinski definition) is 1. The molecule has 4 nitrogen and oxygen atoms in total. The van der Waals surface area contributed by atoms with Crippen molar-refractivity contribution in [2.45, 2.75) is 44.2 Å². The molecule has 0 aliphatic carbocycles. The van der Waals surface area contributed by atoms with Crippen molar-refractivity contribution in [2.75, 3.05) is 13.1 Å². The maximum Gasteiger partial charge on any atom is 0.389 e. The van der Waals surface area contributed by atoms with E-state index in [1.807, 2.05) is 6.92 Å². The number of nitrogens with zero attached hydrogens (tertiary/aromatic N) is 2. The predicted octanol–water partition coefficient (Wildman–Crippen LogP) is 2.21. The maximum atomic E-state index is 12.1. The Morgan fingerprint density at radius 1 is 1.44 bits per heavy atom. The molecule has 102 valence electrons. The normalized spacial score (nSPS) is 24.7. The largest absolute Gasteiger partial charge is 0.389 e. The third-order valence-corrected chi connectivity index (χ3v) is 3.47. The Labute approximate surface area is 103 Å². The highest BCUT2D eigenvalue weighted by Gasteiger charge is 2.39. The van der Waals surface area contributed by atoms with Crippen LogP contribution in [0.2, 0.25) is 0 Å². The minimum Gasteiger partial charge on any atom is -0.339 e. The second-order valence-electron chi connectivity index (χ2n) is 4.69. The molecule has 1 aliphatic rings. The molecule has 1 saturated heterocycles. The lowest BCUT2D eigenvalue weighted by Crippen LogP contribution is -2.28. The highest BCUT2D eigenvalue weighted by Crippen LogP contribution is 2.33. The summed E-state index contributed by atoms with van der Waals surface area (Å²) >= 11 is 0. The predicted molar refractivity (Wildman–Crippen MR) is 58.1 cm³/mol. The summed E-state index contributed by atoms with van der Waals surface area (Å²) in [6.07, 6.45) is -3.60. The summed E-state index contributed by atoms with van der Waals surface area (Å²) < 4.78 is 41.4. The highest BCUT2D eigenvalue weighted by atomic mass is 19.4. The van der Waals surface area contributed by atoms with Crippen LogP contribution in [0.1, 0.15) is 37.9 Å². The lowest BCUT2D eigenvalue weighted by molar-refractivity contribution is -0.134. The van der Waals surface area contributed by atoms with Gasteiger partial charge in [-0.15, -0.1) is 0 Å². The summed E-state index contributed by atoms with van der Waals surface area (Å²) in [6, 6.07) is 0. The van der Waals surface area contributed by atoms with E-state index in [1.165, 1.54) is 0 Å². The van der Waals surface area contributed by atoms with Gasteiger partial charge in [0.05, 0.1) is 11.8 Å². The van der Waals surface area contributed by atoms with Crippen LogP contribution >= 0.6 is 0 Å². The molecule has 0 saturated carbocycles. The average Bonchev–Trinajstić information content (AvgIpc) is 2.95. The Morgan fingerprint density at radius 3 is 2.78 bits per heavy atom. The zero-order chi connectivity index (χ0) is 13.2. The number of nitrogens with one attached hydrogen (secondary N) is 1. The SMILES string of the molecule is CCC1(c2nc(CCC(F)(F)F)no2)CCNC1. The molecule has 0 spiro atoms. The van der Waals surface area contributed by atoms with Crippen molar-refractivity contribution in [1.82, 2.24) is 15.5 Å². The monoisotopic (exact) mass is 263 g/mol. The van der Waals surface area contributed by atoms with Gasteiger partial charge in [0.2, 0.25) is 5.89 Å². The van der Waals surface area contributed by atoms with E-state index in [0.717, 1.165) is 25.9 Å². The van der Waals surface area contributed by atoms with E-state index in [0.29, 0.717) is 5.89 Å². The number of rotatable bonds is 4. The van der Waals surface area contributed by atoms with E-state index in [2.05, 4.69) is 15.5 Å². The molecule has 1 aromatic rings. The van der Waals surface area contributed by atoms with Crippen LogP contribution in [0.15, 0.2) is 4.52 Å². The van der Waals surface area contributed by atoms with Crippen LogP contribution in [0.4, 0.5) is 13.2 Å². The standard InChI is InChI=1S/C11H16F3N3O/c1-2-10(5-6-15-7-10)9-16-8(17-18-9)3-4-11(12,13)14/h15H,2-7H2,1H3. The van der Waals surface area contributed by atoms with Crippen LogP contribution in [0.25, 0.3) is 0 Å². The van der Waals surface area contributed by atoms with E-state index in [4.69, 9.17) is 4.52 Å². The van der Waals surface area contributed by atoms with Crippen molar-refractivity contribution in [2.24, 2.45) is 0 Å². The number of aromatic nitrogens is 2. The zero-order valence-corrected chi connectivity index (χ0v) is 10.2. The van der Waals surface area contributed by atoms with E-state index in [9.17, 15) is 13.2 Å². The summed E-state index contributed by atoms with van der Waals surface area (Å²) in [5.74, 6) is 0.606. The van der Waals surface area contributed by atoms with Gasteiger partial charge in [0.15, 0.2) is 5.82 Å². The van der Waals surface area contributed by atoms with Gasteiger partial charge in [-0.1, -0.05) is 12.1 Å². The van der Waals surface area contributed by atoms with Crippen LogP contribution in [0.3, 0.4) is 0 Å². The van der Waals surface area contributed by atoms with Gasteiger partial charge in [-0.25, -0.2) is 0 Å². The number of halogens is 3. The molecule has 0 bridgehead atoms. The molecule has 0 radical (unpaired) electrons. The first-order chi connectivity index (χ1) is 8.45. The molecule has 1 unspecified atom stereocenters. The van der Waals surface area contributed by atoms with Gasteiger partial charge in [0, 0.05) is 13.0 Å². The zero-order valence-electron chi connectivity index (χ0n) is 10.2. The molecule has 7 heteroatoms. The number of aryl methyl sites for hydroxylation is 1. The van der Waals surface area contributed by atoms with Crippen molar-refractivity contribution in [1.29, 1.82) is 0 Å². The number of hydrogen-bond acceptors (Lipinski definition) is 4. The molecule has 1 aromatic heterocycles. The quantitative estimate of drug-likeness (QED) is 0.904. The van der Waals surface area contributed by atoms with Crippen LogP contribution in [0, 0.1) is 0 Å². The van der Waals surface area contributed by atoms with Gasteiger partial charge < -0.3 is 9.84 Å². The summed E-state index contributed by atoms with van der Waals surface area (Å²) in [6.45, 7) is 3.63. The minimum atomic E-state index is -4.18. The molecule has 1 fully saturated rings. The molecule has 2 rings (SSSR count). The summed E-state index contributed by atoms with van der Waals surface area (Å²) in [7, 11) is 0. The Balaban J connectivity index is 2.05. The molecule has 0 aromatic carbocycles. The topological polar surface area (TPSA) is 51.0 Å². The third kappa shape index (κ3) is 2.82. The Morgan fingerprint density at radius 2 is 2.22 bits per heavy atom. The highest BCUT2D eigenvalue weighted by molar-refractivity contribution is 5.09. The molecule has 1 N–H and O–H groups in total. The molecular formula is C11H16F3N3O. The van der Waals surface area contributed by atoms with Crippen molar-refractivity contribution in [3.05, 3.63) is 11.7 Å². The molecular weight excluding hydrogens is 247 g/mol. The second kappa shape index (κ2) is 4.87. The van der Waals surface area contributed by atoms with Crippen LogP contribution < -0.4 is 5.32 Å². The Hall–Kier alpha value is -1.11. The van der Waals surface area contributed by atoms with E-state index < -0.39 is 12.6 Å². The lowest BCUT2D eigenvalue weighted by Gasteiger charge is -2.20. The van der Waals surface area contributed by atoms with Crippen molar-refractivity contribution in [3.63, 3.8) is 0 Å². The van der Waals surface area contributed by atoms with Gasteiger partial charge in [0.1, 0.15) is 0 Å². The van der Waals surface area contributed by atoms with Crippen molar-refractivity contribution in [3.8, 4) is 0 Å². The Bertz CT molecular complexity index is 396. The Kier molecular flexibility index (Phi) is 3.61. The van der Waals surface area contributed by atoms with E-state index in [-0.39, 0.29) is 17.7 Å². The second-order valence-corrected chi connectivity index (χ2v) is 4.69. The molecule has 0 amide bonds. The minimum absolute atomic E-state index is 0.141.